The number of anilines is 1. The number of amides is 3. The summed E-state index contributed by atoms with van der Waals surface area (Å²) < 4.78 is 5.84. The van der Waals surface area contributed by atoms with Crippen LogP contribution in [0, 0.1) is 6.92 Å². The van der Waals surface area contributed by atoms with Crippen LogP contribution in [-0.4, -0.2) is 50.5 Å². The van der Waals surface area contributed by atoms with Crippen LogP contribution in [0.3, 0.4) is 0 Å². The van der Waals surface area contributed by atoms with Crippen LogP contribution in [0.2, 0.25) is 5.02 Å². The lowest BCUT2D eigenvalue weighted by Gasteiger charge is -2.40. The topological polar surface area (TPSA) is 112 Å². The molecule has 1 aromatic heterocycles. The predicted molar refractivity (Wildman–Crippen MR) is 139 cm³/mol. The Balaban J connectivity index is 1.54. The standard InChI is InChI=1S/C27H27ClN4O5/c1-3-13-31-25(33)15-24(32(27(31)36)16-18-7-9-20(28)10-8-18)30-23-12-11-22(17(2)29-23)37-21-6-4-5-19(14-21)26(34)35/h4-12,14,24H,3,13,15-16H2,1-2H3,(H,29,30)(H,34,35). The van der Waals surface area contributed by atoms with Crippen molar-refractivity contribution in [3.63, 3.8) is 0 Å². The largest absolute Gasteiger partial charge is 0.478 e. The molecule has 1 aliphatic rings. The van der Waals surface area contributed by atoms with Crippen molar-refractivity contribution in [2.24, 2.45) is 0 Å². The van der Waals surface area contributed by atoms with E-state index in [2.05, 4.69) is 10.3 Å². The van der Waals surface area contributed by atoms with Gasteiger partial charge in [-0.05, 0) is 61.4 Å². The van der Waals surface area contributed by atoms with Crippen LogP contribution in [0.15, 0.2) is 60.7 Å². The third-order valence-corrected chi connectivity index (χ3v) is 6.15. The maximum atomic E-state index is 13.3. The van der Waals surface area contributed by atoms with Crippen LogP contribution in [-0.2, 0) is 11.3 Å². The van der Waals surface area contributed by atoms with Gasteiger partial charge >= 0.3 is 12.0 Å². The Kier molecular flexibility index (Phi) is 7.93. The number of nitrogens with zero attached hydrogens (tertiary/aromatic N) is 3. The van der Waals surface area contributed by atoms with Crippen LogP contribution in [0.25, 0.3) is 0 Å². The normalized spacial score (nSPS) is 15.6. The first-order valence-corrected chi connectivity index (χ1v) is 12.2. The van der Waals surface area contributed by atoms with Crippen molar-refractivity contribution in [2.45, 2.75) is 39.4 Å². The van der Waals surface area contributed by atoms with E-state index in [9.17, 15) is 19.5 Å². The van der Waals surface area contributed by atoms with Gasteiger partial charge in [-0.2, -0.15) is 0 Å². The highest BCUT2D eigenvalue weighted by atomic mass is 35.5. The van der Waals surface area contributed by atoms with Crippen LogP contribution in [0.4, 0.5) is 10.6 Å². The fourth-order valence-electron chi connectivity index (χ4n) is 4.04. The number of carboxylic acid groups (broad SMARTS) is 1. The van der Waals surface area contributed by atoms with Crippen molar-refractivity contribution in [1.29, 1.82) is 0 Å². The van der Waals surface area contributed by atoms with Gasteiger partial charge in [-0.3, -0.25) is 14.6 Å². The van der Waals surface area contributed by atoms with Gasteiger partial charge in [-0.1, -0.05) is 36.7 Å². The number of ether oxygens (including phenoxy) is 1. The molecule has 1 saturated heterocycles. The second-order valence-corrected chi connectivity index (χ2v) is 9.10. The van der Waals surface area contributed by atoms with Crippen LogP contribution in [0.5, 0.6) is 11.5 Å². The third kappa shape index (κ3) is 6.18. The van der Waals surface area contributed by atoms with Crippen LogP contribution < -0.4 is 10.1 Å². The zero-order valence-electron chi connectivity index (χ0n) is 20.5. The minimum Gasteiger partial charge on any atom is -0.478 e. The summed E-state index contributed by atoms with van der Waals surface area (Å²) in [4.78, 5) is 44.7. The summed E-state index contributed by atoms with van der Waals surface area (Å²) in [6.45, 7) is 4.32. The molecular formula is C27H27ClN4O5. The number of aryl methyl sites for hydroxylation is 1. The molecular weight excluding hydrogens is 496 g/mol. The van der Waals surface area contributed by atoms with Gasteiger partial charge in [-0.15, -0.1) is 0 Å². The number of benzene rings is 2. The molecule has 2 heterocycles. The van der Waals surface area contributed by atoms with E-state index in [0.29, 0.717) is 47.5 Å². The van der Waals surface area contributed by atoms with Gasteiger partial charge in [0, 0.05) is 18.1 Å². The fraction of sp³-hybridized carbons (Fsp3) is 0.259. The van der Waals surface area contributed by atoms with Gasteiger partial charge in [0.1, 0.15) is 23.5 Å². The molecule has 2 N–H and O–H groups in total. The molecule has 4 rings (SSSR count). The first-order valence-electron chi connectivity index (χ1n) is 11.9. The molecule has 10 heteroatoms. The van der Waals surface area contributed by atoms with E-state index in [1.807, 2.05) is 19.1 Å². The average molecular weight is 523 g/mol. The molecule has 37 heavy (non-hydrogen) atoms. The molecule has 1 fully saturated rings. The van der Waals surface area contributed by atoms with Crippen molar-refractivity contribution < 1.29 is 24.2 Å². The first kappa shape index (κ1) is 26.0. The number of carbonyl (C=O) groups excluding carboxylic acids is 2. The Labute approximate surface area is 219 Å². The lowest BCUT2D eigenvalue weighted by molar-refractivity contribution is -0.132. The summed E-state index contributed by atoms with van der Waals surface area (Å²) in [7, 11) is 0. The quantitative estimate of drug-likeness (QED) is 0.379. The van der Waals surface area contributed by atoms with Crippen molar-refractivity contribution in [1.82, 2.24) is 14.8 Å². The number of carboxylic acids is 1. The highest BCUT2D eigenvalue weighted by Crippen LogP contribution is 2.28. The summed E-state index contributed by atoms with van der Waals surface area (Å²) >= 11 is 6.01. The molecule has 1 unspecified atom stereocenters. The number of hydrogen-bond donors (Lipinski definition) is 2. The zero-order chi connectivity index (χ0) is 26.5. The van der Waals surface area contributed by atoms with Gasteiger partial charge in [0.25, 0.3) is 0 Å². The van der Waals surface area contributed by atoms with Crippen molar-refractivity contribution in [2.75, 3.05) is 11.9 Å². The number of nitrogens with one attached hydrogen (secondary N) is 1. The maximum Gasteiger partial charge on any atom is 0.335 e. The van der Waals surface area contributed by atoms with E-state index in [1.165, 1.54) is 17.0 Å². The minimum absolute atomic E-state index is 0.0975. The number of pyridine rings is 1. The summed E-state index contributed by atoms with van der Waals surface area (Å²) in [5, 5.41) is 13.0. The summed E-state index contributed by atoms with van der Waals surface area (Å²) in [6, 6.07) is 16.4. The molecule has 0 aliphatic carbocycles. The second kappa shape index (κ2) is 11.3. The number of rotatable bonds is 9. The SMILES string of the molecule is CCCN1C(=O)CC(Nc2ccc(Oc3cccc(C(=O)O)c3)c(C)n2)N(Cc2ccc(Cl)cc2)C1=O. The Bertz CT molecular complexity index is 1310. The van der Waals surface area contributed by atoms with Crippen molar-refractivity contribution >= 4 is 35.3 Å². The summed E-state index contributed by atoms with van der Waals surface area (Å²) in [5.74, 6) is 0.0127. The van der Waals surface area contributed by atoms with Crippen LogP contribution in [0.1, 0.15) is 41.4 Å². The zero-order valence-corrected chi connectivity index (χ0v) is 21.2. The number of aromatic nitrogens is 1. The van der Waals surface area contributed by atoms with E-state index < -0.39 is 12.1 Å². The Hall–Kier alpha value is -4.11. The lowest BCUT2D eigenvalue weighted by Crippen LogP contribution is -2.59. The number of urea groups is 1. The Morgan fingerprint density at radius 3 is 2.59 bits per heavy atom. The number of imide groups is 1. The second-order valence-electron chi connectivity index (χ2n) is 8.66. The Morgan fingerprint density at radius 1 is 1.16 bits per heavy atom. The van der Waals surface area contributed by atoms with Gasteiger partial charge < -0.3 is 15.2 Å². The summed E-state index contributed by atoms with van der Waals surface area (Å²) in [6.07, 6.45) is 0.164. The molecule has 0 radical (unpaired) electrons. The number of hydrogen-bond acceptors (Lipinski definition) is 6. The van der Waals surface area contributed by atoms with Gasteiger partial charge in [0.2, 0.25) is 5.91 Å². The monoisotopic (exact) mass is 522 g/mol. The molecule has 192 valence electrons. The maximum absolute atomic E-state index is 13.3. The average Bonchev–Trinajstić information content (AvgIpc) is 2.87. The van der Waals surface area contributed by atoms with E-state index in [1.54, 1.807) is 48.2 Å². The molecule has 3 amide bonds. The molecule has 0 bridgehead atoms. The van der Waals surface area contributed by atoms with E-state index in [0.717, 1.165) is 5.56 Å². The lowest BCUT2D eigenvalue weighted by atomic mass is 10.1. The molecule has 1 aliphatic heterocycles. The van der Waals surface area contributed by atoms with Gasteiger partial charge in [-0.25, -0.2) is 14.6 Å². The number of carbonyl (C=O) groups is 3. The van der Waals surface area contributed by atoms with Crippen molar-refractivity contribution in [3.8, 4) is 11.5 Å². The van der Waals surface area contributed by atoms with Crippen molar-refractivity contribution in [3.05, 3.63) is 82.5 Å². The van der Waals surface area contributed by atoms with Gasteiger partial charge in [0.15, 0.2) is 0 Å². The molecule has 1 atom stereocenters. The first-order chi connectivity index (χ1) is 17.7. The molecule has 2 aromatic carbocycles. The molecule has 9 nitrogen and oxygen atoms in total. The molecule has 3 aromatic rings. The minimum atomic E-state index is -1.04. The molecule has 0 spiro atoms. The van der Waals surface area contributed by atoms with Crippen LogP contribution >= 0.6 is 11.6 Å². The highest BCUT2D eigenvalue weighted by molar-refractivity contribution is 6.30. The Morgan fingerprint density at radius 2 is 1.92 bits per heavy atom. The fourth-order valence-corrected chi connectivity index (χ4v) is 4.17. The third-order valence-electron chi connectivity index (χ3n) is 5.90. The van der Waals surface area contributed by atoms with E-state index in [-0.39, 0.29) is 23.9 Å². The highest BCUT2D eigenvalue weighted by Gasteiger charge is 2.38. The van der Waals surface area contributed by atoms with E-state index in [4.69, 9.17) is 16.3 Å². The van der Waals surface area contributed by atoms with Gasteiger partial charge in [0.05, 0.1) is 17.7 Å². The number of halogens is 1. The summed E-state index contributed by atoms with van der Waals surface area (Å²) in [5.41, 5.74) is 1.55. The predicted octanol–water partition coefficient (Wildman–Crippen LogP) is 5.54. The molecule has 0 saturated carbocycles. The number of aromatic carboxylic acids is 1. The van der Waals surface area contributed by atoms with E-state index >= 15 is 0 Å². The smallest absolute Gasteiger partial charge is 0.335 e.